The van der Waals surface area contributed by atoms with Crippen LogP contribution in [-0.4, -0.2) is 31.0 Å². The Bertz CT molecular complexity index is 286. The summed E-state index contributed by atoms with van der Waals surface area (Å²) >= 11 is 0. The van der Waals surface area contributed by atoms with Gasteiger partial charge in [0.05, 0.1) is 17.7 Å². The van der Waals surface area contributed by atoms with Gasteiger partial charge in [-0.05, 0) is 50.9 Å². The van der Waals surface area contributed by atoms with Crippen molar-refractivity contribution in [3.8, 4) is 0 Å². The fraction of sp³-hybridized carbons (Fsp3) is 1.00. The number of hydrogen-bond donors (Lipinski definition) is 2. The highest BCUT2D eigenvalue weighted by molar-refractivity contribution is 4.96. The molecule has 3 N–H and O–H groups in total. The number of rotatable bonds is 3. The molecule has 0 aromatic carbocycles. The lowest BCUT2D eigenvalue weighted by molar-refractivity contribution is -0.112. The van der Waals surface area contributed by atoms with Crippen molar-refractivity contribution in [2.45, 2.75) is 75.5 Å². The average molecular weight is 268 g/mol. The molecule has 2 saturated heterocycles. The van der Waals surface area contributed by atoms with Gasteiger partial charge in [-0.3, -0.25) is 11.3 Å². The van der Waals surface area contributed by atoms with E-state index >= 15 is 0 Å². The summed E-state index contributed by atoms with van der Waals surface area (Å²) < 4.78 is 12.1. The van der Waals surface area contributed by atoms with Crippen LogP contribution in [0.1, 0.15) is 57.8 Å². The van der Waals surface area contributed by atoms with Gasteiger partial charge >= 0.3 is 0 Å². The molecule has 3 atom stereocenters. The van der Waals surface area contributed by atoms with Crippen LogP contribution in [0.15, 0.2) is 0 Å². The molecule has 0 radical (unpaired) electrons. The van der Waals surface area contributed by atoms with E-state index in [2.05, 4.69) is 5.43 Å². The lowest BCUT2D eigenvalue weighted by Gasteiger charge is -2.43. The molecule has 4 heteroatoms. The van der Waals surface area contributed by atoms with Crippen LogP contribution in [0, 0.1) is 5.92 Å². The summed E-state index contributed by atoms with van der Waals surface area (Å²) in [6.45, 7) is 1.80. The summed E-state index contributed by atoms with van der Waals surface area (Å²) in [4.78, 5) is 0. The van der Waals surface area contributed by atoms with E-state index in [9.17, 15) is 0 Å². The Morgan fingerprint density at radius 2 is 1.89 bits per heavy atom. The van der Waals surface area contributed by atoms with Gasteiger partial charge in [0.25, 0.3) is 0 Å². The minimum absolute atomic E-state index is 0.173. The Labute approximate surface area is 116 Å². The summed E-state index contributed by atoms with van der Waals surface area (Å²) in [7, 11) is 0. The Kier molecular flexibility index (Phi) is 4.42. The predicted octanol–water partition coefficient (Wildman–Crippen LogP) is 2.13. The highest BCUT2D eigenvalue weighted by atomic mass is 16.5. The molecular weight excluding hydrogens is 240 g/mol. The van der Waals surface area contributed by atoms with Crippen LogP contribution in [0.5, 0.6) is 0 Å². The molecule has 1 saturated carbocycles. The Hall–Kier alpha value is -0.160. The third-order valence-corrected chi connectivity index (χ3v) is 5.36. The van der Waals surface area contributed by atoms with Crippen molar-refractivity contribution in [3.63, 3.8) is 0 Å². The first-order valence-corrected chi connectivity index (χ1v) is 8.05. The highest BCUT2D eigenvalue weighted by Crippen LogP contribution is 2.43. The van der Waals surface area contributed by atoms with Gasteiger partial charge in [-0.25, -0.2) is 0 Å². The maximum Gasteiger partial charge on any atom is 0.0744 e. The first-order chi connectivity index (χ1) is 9.33. The van der Waals surface area contributed by atoms with Crippen LogP contribution in [0.25, 0.3) is 0 Å². The zero-order valence-corrected chi connectivity index (χ0v) is 11.9. The van der Waals surface area contributed by atoms with E-state index in [1.54, 1.807) is 0 Å². The SMILES string of the molecule is NNC(C1CCOC2(CCCC2)C1)C1CCCCO1. The molecule has 19 heavy (non-hydrogen) atoms. The minimum atomic E-state index is 0.173. The molecule has 4 nitrogen and oxygen atoms in total. The van der Waals surface area contributed by atoms with E-state index in [0.29, 0.717) is 18.1 Å². The number of hydrogen-bond acceptors (Lipinski definition) is 4. The molecule has 3 unspecified atom stereocenters. The lowest BCUT2D eigenvalue weighted by atomic mass is 9.78. The van der Waals surface area contributed by atoms with Gasteiger partial charge in [-0.1, -0.05) is 12.8 Å². The van der Waals surface area contributed by atoms with Gasteiger partial charge in [-0.2, -0.15) is 0 Å². The van der Waals surface area contributed by atoms with E-state index < -0.39 is 0 Å². The highest BCUT2D eigenvalue weighted by Gasteiger charge is 2.43. The maximum absolute atomic E-state index is 6.13. The summed E-state index contributed by atoms with van der Waals surface area (Å²) in [5.41, 5.74) is 3.24. The molecule has 0 amide bonds. The summed E-state index contributed by atoms with van der Waals surface area (Å²) in [6.07, 6.45) is 11.4. The van der Waals surface area contributed by atoms with E-state index in [1.807, 2.05) is 0 Å². The first kappa shape index (κ1) is 13.8. The minimum Gasteiger partial charge on any atom is -0.377 e. The second-order valence-corrected chi connectivity index (χ2v) is 6.59. The van der Waals surface area contributed by atoms with E-state index in [-0.39, 0.29) is 5.60 Å². The molecule has 0 bridgehead atoms. The topological polar surface area (TPSA) is 56.5 Å². The number of nitrogens with one attached hydrogen (secondary N) is 1. The number of hydrazine groups is 1. The van der Waals surface area contributed by atoms with Crippen molar-refractivity contribution in [2.24, 2.45) is 11.8 Å². The summed E-state index contributed by atoms with van der Waals surface area (Å²) in [6, 6.07) is 0.307. The summed E-state index contributed by atoms with van der Waals surface area (Å²) in [5, 5.41) is 0. The smallest absolute Gasteiger partial charge is 0.0744 e. The standard InChI is InChI=1S/C15H28N2O2/c16-17-14(13-5-1-4-9-18-13)12-6-10-19-15(11-12)7-2-3-8-15/h12-14,17H,1-11,16H2. The Balaban J connectivity index is 1.64. The first-order valence-electron chi connectivity index (χ1n) is 8.05. The van der Waals surface area contributed by atoms with E-state index in [0.717, 1.165) is 26.1 Å². The van der Waals surface area contributed by atoms with Crippen molar-refractivity contribution >= 4 is 0 Å². The molecule has 1 spiro atoms. The normalized spacial score (nSPS) is 36.5. The molecule has 3 rings (SSSR count). The molecule has 2 heterocycles. The average Bonchev–Trinajstić information content (AvgIpc) is 2.89. The molecule has 2 aliphatic heterocycles. The molecule has 3 fully saturated rings. The Morgan fingerprint density at radius 3 is 2.58 bits per heavy atom. The quantitative estimate of drug-likeness (QED) is 0.608. The van der Waals surface area contributed by atoms with Gasteiger partial charge < -0.3 is 9.47 Å². The van der Waals surface area contributed by atoms with Crippen LogP contribution in [-0.2, 0) is 9.47 Å². The van der Waals surface area contributed by atoms with Crippen molar-refractivity contribution in [3.05, 3.63) is 0 Å². The molecule has 1 aliphatic carbocycles. The van der Waals surface area contributed by atoms with Crippen molar-refractivity contribution in [2.75, 3.05) is 13.2 Å². The Morgan fingerprint density at radius 1 is 1.05 bits per heavy atom. The third kappa shape index (κ3) is 2.97. The third-order valence-electron chi connectivity index (χ3n) is 5.36. The van der Waals surface area contributed by atoms with Crippen molar-refractivity contribution in [1.29, 1.82) is 0 Å². The molecule has 0 aromatic heterocycles. The van der Waals surface area contributed by atoms with Crippen LogP contribution in [0.3, 0.4) is 0 Å². The maximum atomic E-state index is 6.13. The second-order valence-electron chi connectivity index (χ2n) is 6.59. The van der Waals surface area contributed by atoms with Gasteiger partial charge in [0, 0.05) is 13.2 Å². The lowest BCUT2D eigenvalue weighted by Crippen LogP contribution is -2.54. The van der Waals surface area contributed by atoms with Crippen LogP contribution >= 0.6 is 0 Å². The molecule has 0 aromatic rings. The van der Waals surface area contributed by atoms with Crippen LogP contribution in [0.4, 0.5) is 0 Å². The fourth-order valence-corrected chi connectivity index (χ4v) is 4.34. The predicted molar refractivity (Wildman–Crippen MR) is 74.6 cm³/mol. The van der Waals surface area contributed by atoms with E-state index in [1.165, 1.54) is 44.9 Å². The van der Waals surface area contributed by atoms with Crippen molar-refractivity contribution in [1.82, 2.24) is 5.43 Å². The van der Waals surface area contributed by atoms with Crippen LogP contribution < -0.4 is 11.3 Å². The van der Waals surface area contributed by atoms with Gasteiger partial charge in [0.15, 0.2) is 0 Å². The molecular formula is C15H28N2O2. The van der Waals surface area contributed by atoms with Crippen molar-refractivity contribution < 1.29 is 9.47 Å². The number of ether oxygens (including phenoxy) is 2. The van der Waals surface area contributed by atoms with Crippen LogP contribution in [0.2, 0.25) is 0 Å². The van der Waals surface area contributed by atoms with Gasteiger partial charge in [0.2, 0.25) is 0 Å². The van der Waals surface area contributed by atoms with E-state index in [4.69, 9.17) is 15.3 Å². The largest absolute Gasteiger partial charge is 0.377 e. The zero-order chi connectivity index (χ0) is 13.1. The summed E-state index contributed by atoms with van der Waals surface area (Å²) in [5.74, 6) is 6.46. The molecule has 110 valence electrons. The van der Waals surface area contributed by atoms with Gasteiger partial charge in [0.1, 0.15) is 0 Å². The number of nitrogens with two attached hydrogens (primary N) is 1. The monoisotopic (exact) mass is 268 g/mol. The zero-order valence-electron chi connectivity index (χ0n) is 11.9. The molecule has 3 aliphatic rings. The second kappa shape index (κ2) is 6.08. The fourth-order valence-electron chi connectivity index (χ4n) is 4.34. The van der Waals surface area contributed by atoms with Gasteiger partial charge in [-0.15, -0.1) is 0 Å².